The molecule has 4 aromatic heterocycles. The standard InChI is InChI=1S/C19H13N5O3.C19H17N5O/c1-24-15(16(25)14(23-24)9-5-3-2-4-6-9)17-20-12-7-10-11(8-13(12)21-17)19(27)22-18(10)26;1-24-17(18(25)16(23-24)11-5-3-2-4-6-11)19-21-14-7-12-9-20-10-13(12)8-15(14)22-19/h2-8,25H,1H3,(H,20,21)(H,22,26,27);2-8,20,25H,9-10H2,1H3,(H,21,22). The van der Waals surface area contributed by atoms with Gasteiger partial charge in [0.05, 0.1) is 33.2 Å². The minimum atomic E-state index is -0.434. The molecule has 0 atom stereocenters. The predicted molar refractivity (Wildman–Crippen MR) is 193 cm³/mol. The summed E-state index contributed by atoms with van der Waals surface area (Å²) in [7, 11) is 3.53. The van der Waals surface area contributed by atoms with Gasteiger partial charge in [-0.1, -0.05) is 60.7 Å². The number of aromatic nitrogens is 8. The highest BCUT2D eigenvalue weighted by molar-refractivity contribution is 6.23. The van der Waals surface area contributed by atoms with Crippen molar-refractivity contribution in [2.45, 2.75) is 13.1 Å². The topological polar surface area (TPSA) is 192 Å². The highest BCUT2D eigenvalue weighted by Gasteiger charge is 2.29. The van der Waals surface area contributed by atoms with Gasteiger partial charge in [-0.15, -0.1) is 0 Å². The van der Waals surface area contributed by atoms with Crippen LogP contribution in [0.25, 0.3) is 67.6 Å². The summed E-state index contributed by atoms with van der Waals surface area (Å²) in [5.74, 6) is 0.308. The minimum absolute atomic E-state index is 0.00381. The summed E-state index contributed by atoms with van der Waals surface area (Å²) in [6.45, 7) is 1.76. The van der Waals surface area contributed by atoms with Crippen LogP contribution in [0.4, 0.5) is 0 Å². The molecule has 0 bridgehead atoms. The number of nitrogens with one attached hydrogen (secondary N) is 4. The third-order valence-electron chi connectivity index (χ3n) is 9.36. The molecule has 2 amide bonds. The maximum absolute atomic E-state index is 11.8. The summed E-state index contributed by atoms with van der Waals surface area (Å²) < 4.78 is 3.21. The Labute approximate surface area is 294 Å². The zero-order valence-electron chi connectivity index (χ0n) is 27.9. The molecule has 52 heavy (non-hydrogen) atoms. The Morgan fingerprint density at radius 3 is 1.62 bits per heavy atom. The first-order chi connectivity index (χ1) is 25.2. The Kier molecular flexibility index (Phi) is 7.01. The number of aromatic amines is 2. The van der Waals surface area contributed by atoms with Crippen molar-refractivity contribution >= 4 is 33.9 Å². The summed E-state index contributed by atoms with van der Waals surface area (Å²) >= 11 is 0. The van der Waals surface area contributed by atoms with Crippen molar-refractivity contribution in [3.8, 4) is 57.1 Å². The van der Waals surface area contributed by atoms with Crippen molar-refractivity contribution < 1.29 is 19.8 Å². The Morgan fingerprint density at radius 2 is 1.08 bits per heavy atom. The molecule has 10 rings (SSSR count). The van der Waals surface area contributed by atoms with Crippen LogP contribution in [-0.4, -0.2) is 61.5 Å². The monoisotopic (exact) mass is 690 g/mol. The van der Waals surface area contributed by atoms with Crippen molar-refractivity contribution in [1.29, 1.82) is 0 Å². The Morgan fingerprint density at radius 1 is 0.615 bits per heavy atom. The van der Waals surface area contributed by atoms with Crippen molar-refractivity contribution in [3.63, 3.8) is 0 Å². The van der Waals surface area contributed by atoms with E-state index in [1.807, 2.05) is 67.7 Å². The van der Waals surface area contributed by atoms with Gasteiger partial charge in [0, 0.05) is 38.3 Å². The molecule has 2 aliphatic rings. The van der Waals surface area contributed by atoms with Crippen LogP contribution in [0.15, 0.2) is 84.9 Å². The second-order valence-electron chi connectivity index (χ2n) is 12.7. The van der Waals surface area contributed by atoms with Crippen molar-refractivity contribution in [2.24, 2.45) is 14.1 Å². The average molecular weight is 691 g/mol. The number of benzene rings is 4. The largest absolute Gasteiger partial charge is 0.504 e. The van der Waals surface area contributed by atoms with E-state index in [2.05, 4.69) is 52.9 Å². The summed E-state index contributed by atoms with van der Waals surface area (Å²) in [4.78, 5) is 39.3. The zero-order chi connectivity index (χ0) is 35.7. The normalized spacial score (nSPS) is 13.3. The molecule has 0 spiro atoms. The van der Waals surface area contributed by atoms with Crippen molar-refractivity contribution in [2.75, 3.05) is 0 Å². The molecule has 0 saturated carbocycles. The van der Waals surface area contributed by atoms with Gasteiger partial charge >= 0.3 is 0 Å². The minimum Gasteiger partial charge on any atom is -0.504 e. The predicted octanol–water partition coefficient (Wildman–Crippen LogP) is 5.16. The molecule has 6 N–H and O–H groups in total. The Bertz CT molecular complexity index is 2630. The van der Waals surface area contributed by atoms with Gasteiger partial charge in [-0.2, -0.15) is 10.2 Å². The molecule has 14 nitrogen and oxygen atoms in total. The SMILES string of the molecule is Cn1nc(-c2ccccc2)c(O)c1-c1nc2cc3c(cc2[nH]1)C(=O)NC3=O.Cn1nc(-c2ccccc2)c(O)c1-c1nc2cc3c(cc2[nH]1)CNC3. The van der Waals surface area contributed by atoms with E-state index in [9.17, 15) is 19.8 Å². The number of aromatic hydroxyl groups is 2. The number of rotatable bonds is 4. The quantitative estimate of drug-likeness (QED) is 0.135. The van der Waals surface area contributed by atoms with E-state index in [4.69, 9.17) is 0 Å². The van der Waals surface area contributed by atoms with E-state index in [-0.39, 0.29) is 11.5 Å². The van der Waals surface area contributed by atoms with Crippen LogP contribution in [-0.2, 0) is 27.2 Å². The first-order valence-electron chi connectivity index (χ1n) is 16.5. The molecule has 0 aliphatic carbocycles. The molecule has 0 fully saturated rings. The fourth-order valence-corrected chi connectivity index (χ4v) is 6.84. The van der Waals surface area contributed by atoms with Crippen molar-refractivity contribution in [3.05, 3.63) is 107 Å². The smallest absolute Gasteiger partial charge is 0.259 e. The maximum Gasteiger partial charge on any atom is 0.259 e. The number of carbonyl (C=O) groups excluding carboxylic acids is 2. The zero-order valence-corrected chi connectivity index (χ0v) is 27.9. The number of aryl methyl sites for hydroxylation is 2. The average Bonchev–Trinajstić information content (AvgIpc) is 4.00. The Balaban J connectivity index is 0.000000139. The van der Waals surface area contributed by atoms with E-state index >= 15 is 0 Å². The van der Waals surface area contributed by atoms with E-state index in [0.717, 1.165) is 35.2 Å². The van der Waals surface area contributed by atoms with Gasteiger partial charge in [0.2, 0.25) is 0 Å². The number of imidazole rings is 2. The van der Waals surface area contributed by atoms with Crippen LogP contribution in [0.2, 0.25) is 0 Å². The van der Waals surface area contributed by atoms with E-state index in [1.54, 1.807) is 28.5 Å². The summed E-state index contributed by atoms with van der Waals surface area (Å²) in [5, 5.41) is 36.0. The number of carbonyl (C=O) groups is 2. The highest BCUT2D eigenvalue weighted by Crippen LogP contribution is 2.39. The second kappa shape index (κ2) is 11.8. The van der Waals surface area contributed by atoms with Crippen LogP contribution in [0.1, 0.15) is 31.8 Å². The van der Waals surface area contributed by atoms with E-state index in [0.29, 0.717) is 56.6 Å². The first-order valence-corrected chi connectivity index (χ1v) is 16.5. The Hall–Kier alpha value is -7.06. The van der Waals surface area contributed by atoms with E-state index in [1.165, 1.54) is 11.1 Å². The highest BCUT2D eigenvalue weighted by atomic mass is 16.3. The van der Waals surface area contributed by atoms with Gasteiger partial charge < -0.3 is 25.5 Å². The molecule has 6 heterocycles. The van der Waals surface area contributed by atoms with E-state index < -0.39 is 11.8 Å². The van der Waals surface area contributed by atoms with Crippen molar-refractivity contribution in [1.82, 2.24) is 50.1 Å². The number of imide groups is 1. The molecule has 256 valence electrons. The molecule has 4 aromatic carbocycles. The fourth-order valence-electron chi connectivity index (χ4n) is 6.84. The molecule has 8 aromatic rings. The summed E-state index contributed by atoms with van der Waals surface area (Å²) in [6, 6.07) is 26.4. The number of H-pyrrole nitrogens is 2. The molecule has 0 radical (unpaired) electrons. The molecular weight excluding hydrogens is 660 g/mol. The summed E-state index contributed by atoms with van der Waals surface area (Å²) in [5.41, 5.74) is 9.85. The van der Waals surface area contributed by atoms with Gasteiger partial charge in [-0.05, 0) is 35.4 Å². The number of fused-ring (bicyclic) bond motifs is 4. The number of hydrogen-bond donors (Lipinski definition) is 6. The van der Waals surface area contributed by atoms with Crippen LogP contribution >= 0.6 is 0 Å². The van der Waals surface area contributed by atoms with Crippen LogP contribution < -0.4 is 10.6 Å². The van der Waals surface area contributed by atoms with Gasteiger partial charge in [-0.25, -0.2) is 9.97 Å². The number of hydrogen-bond acceptors (Lipinski definition) is 9. The fraction of sp³-hybridized carbons (Fsp3) is 0.105. The molecular formula is C38H30N10O4. The maximum atomic E-state index is 11.8. The lowest BCUT2D eigenvalue weighted by Crippen LogP contribution is -2.19. The van der Waals surface area contributed by atoms with Gasteiger partial charge in [0.1, 0.15) is 22.8 Å². The molecule has 2 aliphatic heterocycles. The molecule has 14 heteroatoms. The lowest BCUT2D eigenvalue weighted by Gasteiger charge is -1.98. The van der Waals surface area contributed by atoms with Gasteiger partial charge in [0.15, 0.2) is 23.1 Å². The van der Waals surface area contributed by atoms with Gasteiger partial charge in [-0.3, -0.25) is 24.3 Å². The lowest BCUT2D eigenvalue weighted by molar-refractivity contribution is 0.0879. The first kappa shape index (κ1) is 31.0. The molecule has 0 unspecified atom stereocenters. The lowest BCUT2D eigenvalue weighted by atomic mass is 10.1. The number of amides is 2. The van der Waals surface area contributed by atoms with Crippen LogP contribution in [0.5, 0.6) is 11.5 Å². The third-order valence-corrected chi connectivity index (χ3v) is 9.36. The summed E-state index contributed by atoms with van der Waals surface area (Å²) in [6.07, 6.45) is 0. The third kappa shape index (κ3) is 5.00. The molecule has 0 saturated heterocycles. The van der Waals surface area contributed by atoms with Crippen LogP contribution in [0.3, 0.4) is 0 Å². The second-order valence-corrected chi connectivity index (χ2v) is 12.7. The van der Waals surface area contributed by atoms with Crippen LogP contribution in [0, 0.1) is 0 Å². The van der Waals surface area contributed by atoms with Gasteiger partial charge in [0.25, 0.3) is 11.8 Å². The number of nitrogens with zero attached hydrogens (tertiary/aromatic N) is 6.